The van der Waals surface area contributed by atoms with Gasteiger partial charge in [0.15, 0.2) is 5.82 Å². The monoisotopic (exact) mass is 455 g/mol. The van der Waals surface area contributed by atoms with E-state index in [1.807, 2.05) is 0 Å². The third-order valence-corrected chi connectivity index (χ3v) is 3.43. The fraction of sp³-hybridized carbons (Fsp3) is 0.300. The number of rotatable bonds is 4. The van der Waals surface area contributed by atoms with Gasteiger partial charge in [-0.25, -0.2) is 4.98 Å². The van der Waals surface area contributed by atoms with Gasteiger partial charge in [0, 0.05) is 15.6 Å². The third-order valence-electron chi connectivity index (χ3n) is 2.02. The molecule has 1 unspecified atom stereocenters. The number of carbonyl (C=O) groups is 2. The van der Waals surface area contributed by atoms with Crippen LogP contribution in [0.5, 0.6) is 0 Å². The van der Waals surface area contributed by atoms with E-state index in [0.29, 0.717) is 3.57 Å². The van der Waals surface area contributed by atoms with Crippen molar-refractivity contribution in [2.75, 3.05) is 16.5 Å². The largest absolute Gasteiger partial charge is 0.471 e. The lowest BCUT2D eigenvalue weighted by atomic mass is 10.3. The zero-order valence-electron chi connectivity index (χ0n) is 9.97. The zero-order valence-corrected chi connectivity index (χ0v) is 13.6. The topological polar surface area (TPSA) is 71.1 Å². The van der Waals surface area contributed by atoms with E-state index < -0.39 is 23.4 Å². The number of alkyl halides is 5. The van der Waals surface area contributed by atoms with Crippen molar-refractivity contribution in [3.63, 3.8) is 0 Å². The Morgan fingerprint density at radius 2 is 2.00 bits per heavy atom. The highest BCUT2D eigenvalue weighted by molar-refractivity contribution is 14.1. The average Bonchev–Trinajstić information content (AvgIpc) is 2.39. The van der Waals surface area contributed by atoms with Gasteiger partial charge in [0.25, 0.3) is 0 Å². The number of nitrogens with zero attached hydrogens (tertiary/aromatic N) is 1. The van der Waals surface area contributed by atoms with Crippen LogP contribution in [-0.2, 0) is 9.59 Å². The molecule has 1 aromatic heterocycles. The number of halogens is 6. The second kappa shape index (κ2) is 7.45. The van der Waals surface area contributed by atoms with Crippen LogP contribution in [0.1, 0.15) is 0 Å². The zero-order chi connectivity index (χ0) is 16.2. The van der Waals surface area contributed by atoms with Crippen LogP contribution in [0.25, 0.3) is 0 Å². The molecule has 0 aliphatic rings. The molecule has 1 heterocycles. The van der Waals surface area contributed by atoms with E-state index in [-0.39, 0.29) is 17.4 Å². The fourth-order valence-corrected chi connectivity index (χ4v) is 1.74. The van der Waals surface area contributed by atoms with Crippen molar-refractivity contribution in [2.45, 2.75) is 11.6 Å². The number of carbonyl (C=O) groups excluding carboxylic acids is 2. The maximum atomic E-state index is 12.3. The lowest BCUT2D eigenvalue weighted by molar-refractivity contribution is -0.167. The highest BCUT2D eigenvalue weighted by atomic mass is 127. The van der Waals surface area contributed by atoms with E-state index in [1.54, 1.807) is 27.9 Å². The average molecular weight is 456 g/mol. The first kappa shape index (κ1) is 18.2. The number of amides is 2. The Balaban J connectivity index is 3.00. The number of pyridine rings is 1. The predicted molar refractivity (Wildman–Crippen MR) is 80.6 cm³/mol. The summed E-state index contributed by atoms with van der Waals surface area (Å²) >= 11 is 12.8. The van der Waals surface area contributed by atoms with Crippen LogP contribution in [-0.4, -0.2) is 34.2 Å². The fourth-order valence-electron chi connectivity index (χ4n) is 1.09. The first-order valence-corrected chi connectivity index (χ1v) is 7.24. The smallest absolute Gasteiger partial charge is 0.315 e. The standard InChI is InChI=1S/C10H7Cl2F3IN3O2/c11-2-5(12)8(20)19-7-6(1-4(16)3-17-7)18-9(21)10(13,14)15/h1,3,5H,2H2,(H,18,21)(H,17,19,20). The predicted octanol–water partition coefficient (Wildman–Crippen LogP) is 2.97. The van der Waals surface area contributed by atoms with Crippen LogP contribution in [0, 0.1) is 3.57 Å². The minimum atomic E-state index is -5.06. The molecule has 0 spiro atoms. The molecule has 0 saturated carbocycles. The molecule has 116 valence electrons. The molecule has 1 atom stereocenters. The quantitative estimate of drug-likeness (QED) is 0.541. The van der Waals surface area contributed by atoms with E-state index in [0.717, 1.165) is 0 Å². The summed E-state index contributed by atoms with van der Waals surface area (Å²) in [7, 11) is 0. The van der Waals surface area contributed by atoms with Gasteiger partial charge in [-0.2, -0.15) is 13.2 Å². The highest BCUT2D eigenvalue weighted by Crippen LogP contribution is 2.25. The van der Waals surface area contributed by atoms with Gasteiger partial charge in [0.2, 0.25) is 5.91 Å². The van der Waals surface area contributed by atoms with E-state index in [4.69, 9.17) is 23.2 Å². The number of nitrogens with one attached hydrogen (secondary N) is 2. The first-order chi connectivity index (χ1) is 9.65. The van der Waals surface area contributed by atoms with Gasteiger partial charge in [-0.15, -0.1) is 23.2 Å². The maximum Gasteiger partial charge on any atom is 0.471 e. The van der Waals surface area contributed by atoms with Crippen LogP contribution in [0.15, 0.2) is 12.3 Å². The van der Waals surface area contributed by atoms with Crippen LogP contribution in [0.2, 0.25) is 0 Å². The molecule has 0 aromatic carbocycles. The summed E-state index contributed by atoms with van der Waals surface area (Å²) in [6.07, 6.45) is -3.77. The number of hydrogen-bond acceptors (Lipinski definition) is 3. The number of anilines is 2. The third kappa shape index (κ3) is 5.47. The number of aromatic nitrogens is 1. The summed E-state index contributed by atoms with van der Waals surface area (Å²) in [6.45, 7) is 0. The number of hydrogen-bond donors (Lipinski definition) is 2. The Hall–Kier alpha value is -0.810. The molecule has 2 amide bonds. The van der Waals surface area contributed by atoms with Crippen LogP contribution in [0.4, 0.5) is 24.7 Å². The molecule has 0 bridgehead atoms. The van der Waals surface area contributed by atoms with Crippen molar-refractivity contribution in [1.29, 1.82) is 0 Å². The van der Waals surface area contributed by atoms with Gasteiger partial charge in [-0.1, -0.05) is 0 Å². The lowest BCUT2D eigenvalue weighted by Gasteiger charge is -2.13. The van der Waals surface area contributed by atoms with Crippen molar-refractivity contribution >= 4 is 69.1 Å². The summed E-state index contributed by atoms with van der Waals surface area (Å²) < 4.78 is 37.2. The SMILES string of the molecule is O=C(Nc1ncc(I)cc1NC(=O)C(F)(F)F)C(Cl)CCl. The maximum absolute atomic E-state index is 12.3. The van der Waals surface area contributed by atoms with Gasteiger partial charge in [-0.05, 0) is 28.7 Å². The van der Waals surface area contributed by atoms with Crippen molar-refractivity contribution in [2.24, 2.45) is 0 Å². The van der Waals surface area contributed by atoms with Crippen LogP contribution in [0.3, 0.4) is 0 Å². The summed E-state index contributed by atoms with van der Waals surface area (Å²) in [6, 6.07) is 1.22. The molecule has 5 nitrogen and oxygen atoms in total. The summed E-state index contributed by atoms with van der Waals surface area (Å²) in [5.41, 5.74) is -0.295. The van der Waals surface area contributed by atoms with E-state index >= 15 is 0 Å². The van der Waals surface area contributed by atoms with Gasteiger partial charge < -0.3 is 10.6 Å². The van der Waals surface area contributed by atoms with Gasteiger partial charge in [0.05, 0.1) is 5.69 Å². The van der Waals surface area contributed by atoms with Crippen LogP contribution < -0.4 is 10.6 Å². The molecule has 2 N–H and O–H groups in total. The summed E-state index contributed by atoms with van der Waals surface area (Å²) in [5.74, 6) is -3.37. The van der Waals surface area contributed by atoms with Crippen molar-refractivity contribution < 1.29 is 22.8 Å². The molecule has 1 rings (SSSR count). The molecule has 1 aromatic rings. The molecular weight excluding hydrogens is 449 g/mol. The molecule has 0 saturated heterocycles. The minimum absolute atomic E-state index is 0.192. The molecular formula is C10H7Cl2F3IN3O2. The van der Waals surface area contributed by atoms with Crippen molar-refractivity contribution in [3.8, 4) is 0 Å². The van der Waals surface area contributed by atoms with Crippen molar-refractivity contribution in [3.05, 3.63) is 15.8 Å². The lowest BCUT2D eigenvalue weighted by Crippen LogP contribution is -2.31. The molecule has 21 heavy (non-hydrogen) atoms. The molecule has 0 fully saturated rings. The van der Waals surface area contributed by atoms with Crippen molar-refractivity contribution in [1.82, 2.24) is 4.98 Å². The second-order valence-electron chi connectivity index (χ2n) is 3.61. The summed E-state index contributed by atoms with van der Waals surface area (Å²) in [4.78, 5) is 26.3. The Bertz CT molecular complexity index is 557. The normalized spacial score (nSPS) is 12.7. The van der Waals surface area contributed by atoms with Gasteiger partial charge in [-0.3, -0.25) is 9.59 Å². The molecule has 0 aliphatic carbocycles. The minimum Gasteiger partial charge on any atom is -0.315 e. The van der Waals surface area contributed by atoms with E-state index in [9.17, 15) is 22.8 Å². The Labute approximate surface area is 140 Å². The Morgan fingerprint density at radius 3 is 2.52 bits per heavy atom. The highest BCUT2D eigenvalue weighted by Gasteiger charge is 2.39. The molecule has 0 radical (unpaired) electrons. The first-order valence-electron chi connectivity index (χ1n) is 5.19. The van der Waals surface area contributed by atoms with Crippen LogP contribution >= 0.6 is 45.8 Å². The van der Waals surface area contributed by atoms with Gasteiger partial charge >= 0.3 is 12.1 Å². The molecule has 11 heteroatoms. The molecule has 0 aliphatic heterocycles. The summed E-state index contributed by atoms with van der Waals surface area (Å²) in [5, 5.41) is 2.74. The van der Waals surface area contributed by atoms with Gasteiger partial charge in [0.1, 0.15) is 5.38 Å². The van der Waals surface area contributed by atoms with E-state index in [1.165, 1.54) is 12.3 Å². The van der Waals surface area contributed by atoms with E-state index in [2.05, 4.69) is 10.3 Å². The Kier molecular flexibility index (Phi) is 6.47. The Morgan fingerprint density at radius 1 is 1.38 bits per heavy atom. The second-order valence-corrected chi connectivity index (χ2v) is 5.69.